The van der Waals surface area contributed by atoms with Crippen molar-refractivity contribution in [2.24, 2.45) is 5.92 Å². The fourth-order valence-corrected chi connectivity index (χ4v) is 3.89. The molecule has 3 rings (SSSR count). The first-order valence-corrected chi connectivity index (χ1v) is 8.09. The van der Waals surface area contributed by atoms with Crippen LogP contribution in [-0.2, 0) is 4.79 Å². The minimum absolute atomic E-state index is 0.200. The molecule has 0 unspecified atom stereocenters. The van der Waals surface area contributed by atoms with Crippen LogP contribution in [0.1, 0.15) is 49.6 Å². The van der Waals surface area contributed by atoms with Gasteiger partial charge >= 0.3 is 0 Å². The Morgan fingerprint density at radius 3 is 3.00 bits per heavy atom. The highest BCUT2D eigenvalue weighted by atomic mass is 32.1. The lowest BCUT2D eigenvalue weighted by molar-refractivity contribution is -0.139. The summed E-state index contributed by atoms with van der Waals surface area (Å²) in [6.07, 6.45) is 12.6. The van der Waals surface area contributed by atoms with Crippen molar-refractivity contribution in [2.75, 3.05) is 6.54 Å². The Morgan fingerprint density at radius 2 is 2.26 bits per heavy atom. The average molecular weight is 276 g/mol. The zero-order valence-electron chi connectivity index (χ0n) is 11.1. The maximum atomic E-state index is 12.7. The van der Waals surface area contributed by atoms with Crippen LogP contribution in [0.15, 0.2) is 23.7 Å². The molecule has 1 aliphatic heterocycles. The molecule has 0 N–H and O–H groups in total. The standard InChI is InChI=1S/C15H20N2OS/c18-15(12-6-2-1-3-7-12)17-10-5-4-8-13(17)14-16-9-11-19-14/h1-2,9,11-13H,3-8,10H2/t12-,13-/m0/s1. The third kappa shape index (κ3) is 2.73. The highest BCUT2D eigenvalue weighted by molar-refractivity contribution is 7.09. The Kier molecular flexibility index (Phi) is 3.97. The molecule has 1 aromatic heterocycles. The summed E-state index contributed by atoms with van der Waals surface area (Å²) in [5, 5.41) is 3.12. The lowest BCUT2D eigenvalue weighted by atomic mass is 9.91. The number of hydrogen-bond donors (Lipinski definition) is 0. The van der Waals surface area contributed by atoms with Crippen LogP contribution in [0.3, 0.4) is 0 Å². The Bertz CT molecular complexity index is 455. The van der Waals surface area contributed by atoms with E-state index in [0.29, 0.717) is 5.91 Å². The average Bonchev–Trinajstić information content (AvgIpc) is 3.01. The number of rotatable bonds is 2. The van der Waals surface area contributed by atoms with Gasteiger partial charge in [0.25, 0.3) is 0 Å². The van der Waals surface area contributed by atoms with Gasteiger partial charge in [-0.15, -0.1) is 11.3 Å². The number of aromatic nitrogens is 1. The maximum Gasteiger partial charge on any atom is 0.226 e. The van der Waals surface area contributed by atoms with Gasteiger partial charge in [-0.05, 0) is 38.5 Å². The first-order valence-electron chi connectivity index (χ1n) is 7.21. The van der Waals surface area contributed by atoms with Crippen LogP contribution < -0.4 is 0 Å². The minimum atomic E-state index is 0.200. The third-order valence-corrected chi connectivity index (χ3v) is 5.02. The van der Waals surface area contributed by atoms with Crippen molar-refractivity contribution in [3.05, 3.63) is 28.7 Å². The van der Waals surface area contributed by atoms with Gasteiger partial charge in [0.05, 0.1) is 6.04 Å². The van der Waals surface area contributed by atoms with Crippen LogP contribution in [0, 0.1) is 5.92 Å². The molecule has 1 amide bonds. The summed E-state index contributed by atoms with van der Waals surface area (Å²) < 4.78 is 0. The van der Waals surface area contributed by atoms with E-state index in [1.54, 1.807) is 11.3 Å². The topological polar surface area (TPSA) is 33.2 Å². The monoisotopic (exact) mass is 276 g/mol. The molecule has 2 atom stereocenters. The molecule has 2 aliphatic rings. The summed E-state index contributed by atoms with van der Waals surface area (Å²) >= 11 is 1.68. The van der Waals surface area contributed by atoms with Crippen LogP contribution >= 0.6 is 11.3 Å². The van der Waals surface area contributed by atoms with Gasteiger partial charge in [-0.25, -0.2) is 4.98 Å². The number of carbonyl (C=O) groups excluding carboxylic acids is 1. The Balaban J connectivity index is 1.76. The molecule has 1 fully saturated rings. The second-order valence-corrected chi connectivity index (χ2v) is 6.32. The Morgan fingerprint density at radius 1 is 1.32 bits per heavy atom. The maximum absolute atomic E-state index is 12.7. The van der Waals surface area contributed by atoms with Crippen molar-refractivity contribution < 1.29 is 4.79 Å². The van der Waals surface area contributed by atoms with Gasteiger partial charge in [0.15, 0.2) is 0 Å². The van der Waals surface area contributed by atoms with E-state index in [4.69, 9.17) is 0 Å². The highest BCUT2D eigenvalue weighted by Gasteiger charge is 2.33. The molecule has 4 heteroatoms. The van der Waals surface area contributed by atoms with E-state index in [0.717, 1.165) is 43.7 Å². The van der Waals surface area contributed by atoms with Gasteiger partial charge < -0.3 is 4.90 Å². The molecule has 0 spiro atoms. The van der Waals surface area contributed by atoms with Crippen molar-refractivity contribution in [1.82, 2.24) is 9.88 Å². The van der Waals surface area contributed by atoms with Gasteiger partial charge in [-0.2, -0.15) is 0 Å². The molecular formula is C15H20N2OS. The minimum Gasteiger partial charge on any atom is -0.333 e. The molecule has 1 saturated heterocycles. The van der Waals surface area contributed by atoms with Crippen molar-refractivity contribution in [2.45, 2.75) is 44.6 Å². The van der Waals surface area contributed by atoms with E-state index in [-0.39, 0.29) is 12.0 Å². The number of hydrogen-bond acceptors (Lipinski definition) is 3. The van der Waals surface area contributed by atoms with E-state index in [1.165, 1.54) is 6.42 Å². The summed E-state index contributed by atoms with van der Waals surface area (Å²) in [4.78, 5) is 19.3. The zero-order chi connectivity index (χ0) is 13.1. The number of nitrogens with zero attached hydrogens (tertiary/aromatic N) is 2. The molecule has 19 heavy (non-hydrogen) atoms. The van der Waals surface area contributed by atoms with Gasteiger partial charge in [0, 0.05) is 24.0 Å². The second kappa shape index (κ2) is 5.87. The largest absolute Gasteiger partial charge is 0.333 e. The fourth-order valence-electron chi connectivity index (χ4n) is 3.10. The molecule has 0 aromatic carbocycles. The molecule has 1 aliphatic carbocycles. The molecule has 1 aromatic rings. The van der Waals surface area contributed by atoms with E-state index in [9.17, 15) is 4.79 Å². The van der Waals surface area contributed by atoms with Gasteiger partial charge in [-0.3, -0.25) is 4.79 Å². The number of carbonyl (C=O) groups is 1. The van der Waals surface area contributed by atoms with Crippen molar-refractivity contribution in [1.29, 1.82) is 0 Å². The third-order valence-electron chi connectivity index (χ3n) is 4.14. The predicted molar refractivity (Wildman–Crippen MR) is 76.9 cm³/mol. The fraction of sp³-hybridized carbons (Fsp3) is 0.600. The molecule has 102 valence electrons. The van der Waals surface area contributed by atoms with Crippen molar-refractivity contribution in [3.63, 3.8) is 0 Å². The summed E-state index contributed by atoms with van der Waals surface area (Å²) in [5.74, 6) is 0.551. The lowest BCUT2D eigenvalue weighted by Gasteiger charge is -2.37. The molecule has 0 radical (unpaired) electrons. The van der Waals surface area contributed by atoms with E-state index >= 15 is 0 Å². The first kappa shape index (κ1) is 12.9. The van der Waals surface area contributed by atoms with Gasteiger partial charge in [0.1, 0.15) is 5.01 Å². The van der Waals surface area contributed by atoms with Crippen molar-refractivity contribution >= 4 is 17.2 Å². The highest BCUT2D eigenvalue weighted by Crippen LogP contribution is 2.34. The van der Waals surface area contributed by atoms with Crippen LogP contribution in [0.25, 0.3) is 0 Å². The second-order valence-electron chi connectivity index (χ2n) is 5.39. The summed E-state index contributed by atoms with van der Waals surface area (Å²) in [5.41, 5.74) is 0. The number of piperidine rings is 1. The quantitative estimate of drug-likeness (QED) is 0.774. The molecule has 3 nitrogen and oxygen atoms in total. The summed E-state index contributed by atoms with van der Waals surface area (Å²) in [6, 6.07) is 0.229. The SMILES string of the molecule is O=C([C@H]1CC=CCC1)N1CCCC[C@H]1c1nccs1. The lowest BCUT2D eigenvalue weighted by Crippen LogP contribution is -2.42. The van der Waals surface area contributed by atoms with Crippen LogP contribution in [-0.4, -0.2) is 22.3 Å². The normalized spacial score (nSPS) is 27.5. The smallest absolute Gasteiger partial charge is 0.226 e. The zero-order valence-corrected chi connectivity index (χ0v) is 11.9. The summed E-state index contributed by atoms with van der Waals surface area (Å²) in [6.45, 7) is 0.906. The Hall–Kier alpha value is -1.16. The molecular weight excluding hydrogens is 256 g/mol. The van der Waals surface area contributed by atoms with Crippen LogP contribution in [0.2, 0.25) is 0 Å². The van der Waals surface area contributed by atoms with Crippen LogP contribution in [0.5, 0.6) is 0 Å². The van der Waals surface area contributed by atoms with E-state index < -0.39 is 0 Å². The molecule has 0 saturated carbocycles. The van der Waals surface area contributed by atoms with E-state index in [2.05, 4.69) is 22.0 Å². The number of thiazole rings is 1. The first-order chi connectivity index (χ1) is 9.36. The van der Waals surface area contributed by atoms with Gasteiger partial charge in [-0.1, -0.05) is 12.2 Å². The Labute approximate surface area is 118 Å². The van der Waals surface area contributed by atoms with Crippen molar-refractivity contribution in [3.8, 4) is 0 Å². The van der Waals surface area contributed by atoms with E-state index in [1.807, 2.05) is 11.6 Å². The number of likely N-dealkylation sites (tertiary alicyclic amines) is 1. The number of allylic oxidation sites excluding steroid dienone is 2. The summed E-state index contributed by atoms with van der Waals surface area (Å²) in [7, 11) is 0. The molecule has 2 heterocycles. The van der Waals surface area contributed by atoms with Gasteiger partial charge in [0.2, 0.25) is 5.91 Å². The van der Waals surface area contributed by atoms with Crippen LogP contribution in [0.4, 0.5) is 0 Å². The molecule has 0 bridgehead atoms. The predicted octanol–water partition coefficient (Wildman–Crippen LogP) is 3.55. The number of amides is 1.